The lowest BCUT2D eigenvalue weighted by Crippen LogP contribution is -2.20. The summed E-state index contributed by atoms with van der Waals surface area (Å²) in [6.07, 6.45) is -0.305. The largest absolute Gasteiger partial charge is 0.367 e. The number of hydrogen-bond donors (Lipinski definition) is 0. The molecule has 5 nitrogen and oxygen atoms in total. The second-order valence-electron chi connectivity index (χ2n) is 5.32. The fourth-order valence-electron chi connectivity index (χ4n) is 2.17. The van der Waals surface area contributed by atoms with Crippen molar-refractivity contribution in [1.29, 1.82) is 0 Å². The van der Waals surface area contributed by atoms with Crippen molar-refractivity contribution in [2.45, 2.75) is 6.10 Å². The minimum absolute atomic E-state index is 0.0784. The lowest BCUT2D eigenvalue weighted by Gasteiger charge is -2.20. The molecule has 0 fully saturated rings. The fourth-order valence-corrected chi connectivity index (χ4v) is 2.17. The van der Waals surface area contributed by atoms with Crippen LogP contribution in [-0.4, -0.2) is 37.1 Å². The smallest absolute Gasteiger partial charge is 0.269 e. The van der Waals surface area contributed by atoms with Gasteiger partial charge in [-0.2, -0.15) is 0 Å². The molecule has 2 rings (SSSR count). The first-order valence-corrected chi connectivity index (χ1v) is 7.13. The molecule has 0 aromatic heterocycles. The van der Waals surface area contributed by atoms with Crippen molar-refractivity contribution in [3.05, 3.63) is 75.8 Å². The first-order valence-electron chi connectivity index (χ1n) is 7.13. The maximum absolute atomic E-state index is 11.0. The van der Waals surface area contributed by atoms with Crippen LogP contribution in [0.1, 0.15) is 17.2 Å². The monoisotopic (exact) mass is 300 g/mol. The van der Waals surface area contributed by atoms with E-state index in [4.69, 9.17) is 4.74 Å². The van der Waals surface area contributed by atoms with Gasteiger partial charge in [0.15, 0.2) is 0 Å². The van der Waals surface area contributed by atoms with Gasteiger partial charge in [0.05, 0.1) is 11.5 Å². The van der Waals surface area contributed by atoms with Crippen LogP contribution in [-0.2, 0) is 4.74 Å². The summed E-state index contributed by atoms with van der Waals surface area (Å²) in [5.41, 5.74) is 1.86. The van der Waals surface area contributed by atoms with Crippen LogP contribution in [0, 0.1) is 10.1 Å². The molecule has 0 saturated carbocycles. The highest BCUT2D eigenvalue weighted by Crippen LogP contribution is 2.28. The first-order chi connectivity index (χ1) is 10.6. The highest BCUT2D eigenvalue weighted by Gasteiger charge is 2.17. The first kappa shape index (κ1) is 16.1. The summed E-state index contributed by atoms with van der Waals surface area (Å²) in [6.45, 7) is 1.34. The number of hydrogen-bond acceptors (Lipinski definition) is 4. The molecular formula is C17H20N2O3. The van der Waals surface area contributed by atoms with Crippen LogP contribution < -0.4 is 0 Å². The van der Waals surface area contributed by atoms with Crippen LogP contribution in [0.25, 0.3) is 0 Å². The highest BCUT2D eigenvalue weighted by atomic mass is 16.6. The topological polar surface area (TPSA) is 55.6 Å². The third-order valence-corrected chi connectivity index (χ3v) is 3.31. The van der Waals surface area contributed by atoms with Gasteiger partial charge in [-0.1, -0.05) is 42.5 Å². The van der Waals surface area contributed by atoms with E-state index in [0.29, 0.717) is 6.61 Å². The van der Waals surface area contributed by atoms with Gasteiger partial charge >= 0.3 is 0 Å². The Morgan fingerprint density at radius 3 is 2.41 bits per heavy atom. The number of non-ortho nitro benzene ring substituents is 1. The van der Waals surface area contributed by atoms with E-state index in [9.17, 15) is 10.1 Å². The lowest BCUT2D eigenvalue weighted by molar-refractivity contribution is -0.385. The van der Waals surface area contributed by atoms with Gasteiger partial charge in [0.2, 0.25) is 0 Å². The van der Waals surface area contributed by atoms with E-state index in [1.54, 1.807) is 12.1 Å². The van der Waals surface area contributed by atoms with Crippen molar-refractivity contribution in [2.75, 3.05) is 27.2 Å². The van der Waals surface area contributed by atoms with E-state index in [1.165, 1.54) is 6.07 Å². The third-order valence-electron chi connectivity index (χ3n) is 3.31. The van der Waals surface area contributed by atoms with E-state index in [-0.39, 0.29) is 16.7 Å². The van der Waals surface area contributed by atoms with Gasteiger partial charge in [0.1, 0.15) is 6.10 Å². The molecule has 116 valence electrons. The molecule has 0 bridgehead atoms. The Morgan fingerprint density at radius 2 is 1.77 bits per heavy atom. The Labute approximate surface area is 130 Å². The molecule has 22 heavy (non-hydrogen) atoms. The number of nitro benzene ring substituents is 1. The predicted molar refractivity (Wildman–Crippen MR) is 85.9 cm³/mol. The average Bonchev–Trinajstić information content (AvgIpc) is 2.52. The van der Waals surface area contributed by atoms with Crippen LogP contribution in [0.4, 0.5) is 5.69 Å². The second kappa shape index (κ2) is 7.68. The van der Waals surface area contributed by atoms with Crippen molar-refractivity contribution in [3.8, 4) is 0 Å². The highest BCUT2D eigenvalue weighted by molar-refractivity contribution is 5.39. The second-order valence-corrected chi connectivity index (χ2v) is 5.32. The number of likely N-dealkylation sites (N-methyl/N-ethyl adjacent to an activating group) is 1. The average molecular weight is 300 g/mol. The van der Waals surface area contributed by atoms with Gasteiger partial charge in [-0.05, 0) is 25.2 Å². The molecule has 0 aliphatic heterocycles. The van der Waals surface area contributed by atoms with E-state index >= 15 is 0 Å². The van der Waals surface area contributed by atoms with Gasteiger partial charge in [0, 0.05) is 18.7 Å². The van der Waals surface area contributed by atoms with E-state index in [2.05, 4.69) is 0 Å². The Balaban J connectivity index is 2.27. The Kier molecular flexibility index (Phi) is 5.63. The molecule has 5 heteroatoms. The standard InChI is InChI=1S/C17H20N2O3/c1-18(2)11-12-22-17(14-7-4-3-5-8-14)15-9-6-10-16(13-15)19(20)21/h3-10,13,17H,11-12H2,1-2H3. The number of nitrogens with zero attached hydrogens (tertiary/aromatic N) is 2. The van der Waals surface area contributed by atoms with Gasteiger partial charge in [-0.25, -0.2) is 0 Å². The van der Waals surface area contributed by atoms with Gasteiger partial charge in [0.25, 0.3) is 5.69 Å². The number of nitro groups is 1. The van der Waals surface area contributed by atoms with E-state index in [1.807, 2.05) is 55.4 Å². The molecule has 1 unspecified atom stereocenters. The predicted octanol–water partition coefficient (Wildman–Crippen LogP) is 3.26. The molecule has 0 spiro atoms. The van der Waals surface area contributed by atoms with Crippen LogP contribution in [0.5, 0.6) is 0 Å². The maximum atomic E-state index is 11.0. The van der Waals surface area contributed by atoms with Crippen molar-refractivity contribution in [3.63, 3.8) is 0 Å². The van der Waals surface area contributed by atoms with Crippen LogP contribution in [0.3, 0.4) is 0 Å². The van der Waals surface area contributed by atoms with Gasteiger partial charge in [-0.15, -0.1) is 0 Å². The van der Waals surface area contributed by atoms with E-state index < -0.39 is 0 Å². The third kappa shape index (κ3) is 4.38. The molecule has 1 atom stereocenters. The Bertz CT molecular complexity index is 614. The molecular weight excluding hydrogens is 280 g/mol. The molecule has 0 aliphatic rings. The maximum Gasteiger partial charge on any atom is 0.269 e. The van der Waals surface area contributed by atoms with Crippen molar-refractivity contribution in [2.24, 2.45) is 0 Å². The molecule has 0 N–H and O–H groups in total. The van der Waals surface area contributed by atoms with Crippen molar-refractivity contribution >= 4 is 5.69 Å². The minimum Gasteiger partial charge on any atom is -0.367 e. The summed E-state index contributed by atoms with van der Waals surface area (Å²) >= 11 is 0. The minimum atomic E-state index is -0.384. The molecule has 0 heterocycles. The molecule has 2 aromatic rings. The molecule has 0 aliphatic carbocycles. The van der Waals surface area contributed by atoms with Gasteiger partial charge < -0.3 is 9.64 Å². The summed E-state index contributed by atoms with van der Waals surface area (Å²) in [5.74, 6) is 0. The molecule has 0 saturated heterocycles. The number of ether oxygens (including phenoxy) is 1. The fraction of sp³-hybridized carbons (Fsp3) is 0.294. The zero-order valence-electron chi connectivity index (χ0n) is 12.8. The molecule has 0 radical (unpaired) electrons. The quantitative estimate of drug-likeness (QED) is 0.582. The SMILES string of the molecule is CN(C)CCOC(c1ccccc1)c1cccc([N+](=O)[O-])c1. The van der Waals surface area contributed by atoms with Crippen LogP contribution >= 0.6 is 0 Å². The zero-order chi connectivity index (χ0) is 15.9. The normalized spacial score (nSPS) is 12.3. The van der Waals surface area contributed by atoms with Crippen LogP contribution in [0.2, 0.25) is 0 Å². The summed E-state index contributed by atoms with van der Waals surface area (Å²) in [6, 6.07) is 16.4. The number of benzene rings is 2. The van der Waals surface area contributed by atoms with Crippen molar-refractivity contribution < 1.29 is 9.66 Å². The summed E-state index contributed by atoms with van der Waals surface area (Å²) in [5, 5.41) is 11.0. The Morgan fingerprint density at radius 1 is 1.09 bits per heavy atom. The summed E-state index contributed by atoms with van der Waals surface area (Å²) in [7, 11) is 3.96. The number of rotatable bonds is 7. The lowest BCUT2D eigenvalue weighted by atomic mass is 10.0. The molecule has 2 aromatic carbocycles. The summed E-state index contributed by atoms with van der Waals surface area (Å²) < 4.78 is 6.00. The van der Waals surface area contributed by atoms with Crippen molar-refractivity contribution in [1.82, 2.24) is 4.90 Å². The van der Waals surface area contributed by atoms with E-state index in [0.717, 1.165) is 17.7 Å². The Hall–Kier alpha value is -2.24. The zero-order valence-corrected chi connectivity index (χ0v) is 12.8. The summed E-state index contributed by atoms with van der Waals surface area (Å²) in [4.78, 5) is 12.6. The molecule has 0 amide bonds. The van der Waals surface area contributed by atoms with Crippen LogP contribution in [0.15, 0.2) is 54.6 Å². The van der Waals surface area contributed by atoms with Gasteiger partial charge in [-0.3, -0.25) is 10.1 Å².